The summed E-state index contributed by atoms with van der Waals surface area (Å²) in [6.07, 6.45) is 1.23. The third kappa shape index (κ3) is 3.07. The molecule has 0 aromatic heterocycles. The summed E-state index contributed by atoms with van der Waals surface area (Å²) in [7, 11) is 0. The van der Waals surface area contributed by atoms with Gasteiger partial charge in [0.1, 0.15) is 11.9 Å². The van der Waals surface area contributed by atoms with E-state index in [4.69, 9.17) is 14.2 Å². The molecular weight excluding hydrogens is 230 g/mol. The highest BCUT2D eigenvalue weighted by molar-refractivity contribution is 5.46. The van der Waals surface area contributed by atoms with E-state index in [1.165, 1.54) is 0 Å². The average molecular weight is 251 g/mol. The van der Waals surface area contributed by atoms with E-state index in [2.05, 4.69) is 26.1 Å². The molecule has 4 nitrogen and oxygen atoms in total. The van der Waals surface area contributed by atoms with E-state index in [0.29, 0.717) is 12.8 Å². The summed E-state index contributed by atoms with van der Waals surface area (Å²) < 4.78 is 16.5. The lowest BCUT2D eigenvalue weighted by Crippen LogP contribution is -2.39. The van der Waals surface area contributed by atoms with Crippen LogP contribution in [0.2, 0.25) is 0 Å². The monoisotopic (exact) mass is 251 g/mol. The molecule has 0 radical (unpaired) electrons. The van der Waals surface area contributed by atoms with Crippen molar-refractivity contribution in [2.45, 2.75) is 39.3 Å². The minimum absolute atomic E-state index is 0.108. The first-order valence-corrected chi connectivity index (χ1v) is 6.50. The third-order valence-electron chi connectivity index (χ3n) is 3.09. The van der Waals surface area contributed by atoms with Crippen molar-refractivity contribution in [1.82, 2.24) is 5.32 Å². The predicted molar refractivity (Wildman–Crippen MR) is 70.4 cm³/mol. The normalized spacial score (nSPS) is 16.4. The number of nitrogens with one attached hydrogen (secondary N) is 1. The van der Waals surface area contributed by atoms with Crippen molar-refractivity contribution in [2.75, 3.05) is 13.3 Å². The van der Waals surface area contributed by atoms with Crippen LogP contribution in [0.4, 0.5) is 0 Å². The fourth-order valence-corrected chi connectivity index (χ4v) is 1.80. The largest absolute Gasteiger partial charge is 0.489 e. The number of benzene rings is 1. The Balaban J connectivity index is 1.92. The van der Waals surface area contributed by atoms with Gasteiger partial charge in [0.2, 0.25) is 6.79 Å². The third-order valence-corrected chi connectivity index (χ3v) is 3.09. The van der Waals surface area contributed by atoms with E-state index in [9.17, 15) is 0 Å². The SMILES string of the molecule is CCCNC(C)C(C)Oc1ccc2c(c1)OCO2. The quantitative estimate of drug-likeness (QED) is 0.843. The molecule has 2 atom stereocenters. The summed E-state index contributed by atoms with van der Waals surface area (Å²) >= 11 is 0. The first-order valence-electron chi connectivity index (χ1n) is 6.50. The maximum Gasteiger partial charge on any atom is 0.231 e. The molecule has 4 heteroatoms. The summed E-state index contributed by atoms with van der Waals surface area (Å²) in [5, 5.41) is 3.42. The molecule has 0 amide bonds. The fourth-order valence-electron chi connectivity index (χ4n) is 1.80. The Morgan fingerprint density at radius 3 is 2.83 bits per heavy atom. The summed E-state index contributed by atoms with van der Waals surface area (Å²) in [5.74, 6) is 2.36. The standard InChI is InChI=1S/C14H21NO3/c1-4-7-15-10(2)11(3)18-12-5-6-13-14(8-12)17-9-16-13/h5-6,8,10-11,15H,4,7,9H2,1-3H3. The van der Waals surface area contributed by atoms with Crippen LogP contribution in [-0.4, -0.2) is 25.5 Å². The van der Waals surface area contributed by atoms with Crippen molar-refractivity contribution >= 4 is 0 Å². The highest BCUT2D eigenvalue weighted by Crippen LogP contribution is 2.35. The van der Waals surface area contributed by atoms with Crippen LogP contribution in [0.15, 0.2) is 18.2 Å². The first-order chi connectivity index (χ1) is 8.70. The summed E-state index contributed by atoms with van der Waals surface area (Å²) in [6, 6.07) is 5.99. The van der Waals surface area contributed by atoms with E-state index >= 15 is 0 Å². The Bertz CT molecular complexity index is 395. The Morgan fingerprint density at radius 2 is 2.06 bits per heavy atom. The number of ether oxygens (including phenoxy) is 3. The Kier molecular flexibility index (Phi) is 4.31. The Hall–Kier alpha value is -1.42. The van der Waals surface area contributed by atoms with Gasteiger partial charge in [0, 0.05) is 12.1 Å². The van der Waals surface area contributed by atoms with Gasteiger partial charge in [0.25, 0.3) is 0 Å². The molecule has 2 unspecified atom stereocenters. The second kappa shape index (κ2) is 5.96. The number of rotatable bonds is 6. The van der Waals surface area contributed by atoms with Gasteiger partial charge in [-0.15, -0.1) is 0 Å². The minimum Gasteiger partial charge on any atom is -0.489 e. The van der Waals surface area contributed by atoms with Crippen LogP contribution >= 0.6 is 0 Å². The van der Waals surface area contributed by atoms with Gasteiger partial charge in [-0.25, -0.2) is 0 Å². The van der Waals surface area contributed by atoms with Crippen LogP contribution in [0.3, 0.4) is 0 Å². The van der Waals surface area contributed by atoms with E-state index < -0.39 is 0 Å². The van der Waals surface area contributed by atoms with Crippen molar-refractivity contribution < 1.29 is 14.2 Å². The molecule has 0 spiro atoms. The molecule has 0 bridgehead atoms. The second-order valence-corrected chi connectivity index (χ2v) is 4.58. The van der Waals surface area contributed by atoms with Crippen LogP contribution in [0.1, 0.15) is 27.2 Å². The van der Waals surface area contributed by atoms with Crippen LogP contribution in [0.25, 0.3) is 0 Å². The van der Waals surface area contributed by atoms with Crippen molar-refractivity contribution in [3.05, 3.63) is 18.2 Å². The molecule has 1 aromatic rings. The first kappa shape index (κ1) is 13.0. The van der Waals surface area contributed by atoms with Crippen LogP contribution in [0.5, 0.6) is 17.2 Å². The molecule has 0 saturated carbocycles. The molecule has 0 aliphatic carbocycles. The smallest absolute Gasteiger partial charge is 0.231 e. The van der Waals surface area contributed by atoms with E-state index in [1.54, 1.807) is 0 Å². The van der Waals surface area contributed by atoms with Crippen molar-refractivity contribution in [3.8, 4) is 17.2 Å². The van der Waals surface area contributed by atoms with Crippen molar-refractivity contribution in [2.24, 2.45) is 0 Å². The molecule has 100 valence electrons. The highest BCUT2D eigenvalue weighted by Gasteiger charge is 2.17. The molecule has 2 rings (SSSR count). The molecule has 1 aromatic carbocycles. The molecular formula is C14H21NO3. The van der Waals surface area contributed by atoms with E-state index in [1.807, 2.05) is 18.2 Å². The predicted octanol–water partition coefficient (Wildman–Crippen LogP) is 2.57. The molecule has 1 N–H and O–H groups in total. The van der Waals surface area contributed by atoms with Crippen molar-refractivity contribution in [3.63, 3.8) is 0 Å². The molecule has 1 aliphatic rings. The van der Waals surface area contributed by atoms with Crippen LogP contribution in [0, 0.1) is 0 Å². The molecule has 1 aliphatic heterocycles. The van der Waals surface area contributed by atoms with Gasteiger partial charge in [0.15, 0.2) is 11.5 Å². The molecule has 18 heavy (non-hydrogen) atoms. The summed E-state index contributed by atoms with van der Waals surface area (Å²) in [6.45, 7) is 7.66. The zero-order valence-corrected chi connectivity index (χ0v) is 11.2. The summed E-state index contributed by atoms with van der Waals surface area (Å²) in [5.41, 5.74) is 0. The zero-order chi connectivity index (χ0) is 13.0. The molecule has 1 heterocycles. The number of hydrogen-bond acceptors (Lipinski definition) is 4. The fraction of sp³-hybridized carbons (Fsp3) is 0.571. The van der Waals surface area contributed by atoms with Gasteiger partial charge < -0.3 is 19.5 Å². The summed E-state index contributed by atoms with van der Waals surface area (Å²) in [4.78, 5) is 0. The van der Waals surface area contributed by atoms with Crippen LogP contribution < -0.4 is 19.5 Å². The van der Waals surface area contributed by atoms with Crippen molar-refractivity contribution in [1.29, 1.82) is 0 Å². The van der Waals surface area contributed by atoms with E-state index in [0.717, 1.165) is 30.2 Å². The van der Waals surface area contributed by atoms with Gasteiger partial charge in [-0.2, -0.15) is 0 Å². The van der Waals surface area contributed by atoms with E-state index in [-0.39, 0.29) is 6.10 Å². The number of hydrogen-bond donors (Lipinski definition) is 1. The topological polar surface area (TPSA) is 39.7 Å². The minimum atomic E-state index is 0.108. The lowest BCUT2D eigenvalue weighted by atomic mass is 10.2. The number of fused-ring (bicyclic) bond motifs is 1. The zero-order valence-electron chi connectivity index (χ0n) is 11.2. The maximum absolute atomic E-state index is 5.90. The maximum atomic E-state index is 5.90. The second-order valence-electron chi connectivity index (χ2n) is 4.58. The Morgan fingerprint density at radius 1 is 1.28 bits per heavy atom. The van der Waals surface area contributed by atoms with Gasteiger partial charge in [-0.3, -0.25) is 0 Å². The lowest BCUT2D eigenvalue weighted by Gasteiger charge is -2.22. The van der Waals surface area contributed by atoms with Gasteiger partial charge in [-0.05, 0) is 38.9 Å². The molecule has 0 fully saturated rings. The van der Waals surface area contributed by atoms with Gasteiger partial charge in [0.05, 0.1) is 0 Å². The van der Waals surface area contributed by atoms with Gasteiger partial charge in [-0.1, -0.05) is 6.92 Å². The highest BCUT2D eigenvalue weighted by atomic mass is 16.7. The molecule has 0 saturated heterocycles. The average Bonchev–Trinajstić information content (AvgIpc) is 2.83. The van der Waals surface area contributed by atoms with Gasteiger partial charge >= 0.3 is 0 Å². The Labute approximate surface area is 108 Å². The lowest BCUT2D eigenvalue weighted by molar-refractivity contribution is 0.171. The van der Waals surface area contributed by atoms with Crippen LogP contribution in [-0.2, 0) is 0 Å².